The molecule has 32 heavy (non-hydrogen) atoms. The maximum Gasteiger partial charge on any atom is 0.408 e. The Labute approximate surface area is 190 Å². The third-order valence-corrected chi connectivity index (χ3v) is 6.00. The highest BCUT2D eigenvalue weighted by Crippen LogP contribution is 2.25. The number of hydrogen-bond acceptors (Lipinski definition) is 5. The highest BCUT2D eigenvalue weighted by atomic mass is 16.6. The van der Waals surface area contributed by atoms with E-state index in [0.717, 1.165) is 57.8 Å². The van der Waals surface area contributed by atoms with Crippen molar-refractivity contribution in [1.82, 2.24) is 15.5 Å². The lowest BCUT2D eigenvalue weighted by Gasteiger charge is -2.35. The third kappa shape index (κ3) is 8.67. The van der Waals surface area contributed by atoms with E-state index in [9.17, 15) is 24.3 Å². The topological polar surface area (TPSA) is 125 Å². The highest BCUT2D eigenvalue weighted by Gasteiger charge is 2.33. The number of urea groups is 1. The Balaban J connectivity index is 2.01. The molecule has 0 aromatic rings. The van der Waals surface area contributed by atoms with E-state index in [1.165, 1.54) is 11.3 Å². The van der Waals surface area contributed by atoms with Crippen molar-refractivity contribution in [2.75, 3.05) is 0 Å². The first kappa shape index (κ1) is 25.9. The van der Waals surface area contributed by atoms with Gasteiger partial charge in [-0.1, -0.05) is 38.5 Å². The van der Waals surface area contributed by atoms with E-state index >= 15 is 0 Å². The number of nitrogens with one attached hydrogen (secondary N) is 2. The molecule has 2 aliphatic rings. The zero-order valence-electron chi connectivity index (χ0n) is 19.7. The summed E-state index contributed by atoms with van der Waals surface area (Å²) < 4.78 is 5.12. The molecule has 2 rings (SSSR count). The molecule has 0 aromatic carbocycles. The number of nitrogens with zero attached hydrogens (tertiary/aromatic N) is 1. The summed E-state index contributed by atoms with van der Waals surface area (Å²) in [6.07, 6.45) is 8.56. The average Bonchev–Trinajstić information content (AvgIpc) is 2.71. The maximum atomic E-state index is 13.1. The summed E-state index contributed by atoms with van der Waals surface area (Å²) in [6.45, 7) is 5.04. The van der Waals surface area contributed by atoms with Crippen LogP contribution in [0.1, 0.15) is 97.8 Å². The van der Waals surface area contributed by atoms with Crippen LogP contribution in [0.4, 0.5) is 9.59 Å². The second-order valence-corrected chi connectivity index (χ2v) is 9.92. The van der Waals surface area contributed by atoms with Crippen LogP contribution in [0, 0.1) is 0 Å². The molecule has 2 fully saturated rings. The van der Waals surface area contributed by atoms with Crippen LogP contribution in [0.25, 0.3) is 0 Å². The molecule has 0 unspecified atom stereocenters. The number of carbonyl (C=O) groups excluding carboxylic acids is 3. The molecule has 0 aromatic heterocycles. The van der Waals surface area contributed by atoms with Gasteiger partial charge >= 0.3 is 18.1 Å². The molecule has 2 aliphatic carbocycles. The SMILES string of the molecule is CC(C)(C)OC(=O)N[C@H](CCC(=O)N(C(=O)NC1CCCCC1)C1CCCCC1)C(=O)O. The fourth-order valence-electron chi connectivity index (χ4n) is 4.41. The van der Waals surface area contributed by atoms with E-state index in [0.29, 0.717) is 0 Å². The normalized spacial score (nSPS) is 19.0. The van der Waals surface area contributed by atoms with Gasteiger partial charge in [0.1, 0.15) is 11.6 Å². The Hall–Kier alpha value is -2.32. The van der Waals surface area contributed by atoms with Crippen LogP contribution in [-0.4, -0.2) is 57.7 Å². The maximum absolute atomic E-state index is 13.1. The number of aliphatic carboxylic acids is 1. The molecule has 0 radical (unpaired) electrons. The van der Waals surface area contributed by atoms with E-state index < -0.39 is 29.6 Å². The van der Waals surface area contributed by atoms with Crippen molar-refractivity contribution >= 4 is 24.0 Å². The quantitative estimate of drug-likeness (QED) is 0.536. The minimum Gasteiger partial charge on any atom is -0.480 e. The van der Waals surface area contributed by atoms with Crippen molar-refractivity contribution in [3.8, 4) is 0 Å². The summed E-state index contributed by atoms with van der Waals surface area (Å²) >= 11 is 0. The fraction of sp³-hybridized carbons (Fsp3) is 0.826. The Morgan fingerprint density at radius 3 is 2.06 bits per heavy atom. The zero-order chi connectivity index (χ0) is 23.7. The molecule has 0 saturated heterocycles. The molecule has 0 spiro atoms. The van der Waals surface area contributed by atoms with Gasteiger partial charge in [-0.25, -0.2) is 14.4 Å². The summed E-state index contributed by atoms with van der Waals surface area (Å²) in [6, 6.07) is -1.73. The van der Waals surface area contributed by atoms with Gasteiger partial charge in [-0.2, -0.15) is 0 Å². The van der Waals surface area contributed by atoms with Gasteiger partial charge in [-0.15, -0.1) is 0 Å². The van der Waals surface area contributed by atoms with Crippen LogP contribution < -0.4 is 10.6 Å². The van der Waals surface area contributed by atoms with E-state index in [-0.39, 0.29) is 31.0 Å². The monoisotopic (exact) mass is 453 g/mol. The summed E-state index contributed by atoms with van der Waals surface area (Å²) in [4.78, 5) is 51.0. The Kier molecular flexibility index (Phi) is 9.78. The summed E-state index contributed by atoms with van der Waals surface area (Å²) in [5, 5.41) is 14.8. The van der Waals surface area contributed by atoms with Crippen LogP contribution in [0.15, 0.2) is 0 Å². The van der Waals surface area contributed by atoms with Gasteiger partial charge in [0.05, 0.1) is 0 Å². The Morgan fingerprint density at radius 1 is 0.969 bits per heavy atom. The molecule has 1 atom stereocenters. The molecular weight excluding hydrogens is 414 g/mol. The molecule has 0 bridgehead atoms. The molecule has 0 aliphatic heterocycles. The number of rotatable bonds is 7. The van der Waals surface area contributed by atoms with Crippen molar-refractivity contribution in [2.24, 2.45) is 0 Å². The van der Waals surface area contributed by atoms with Crippen LogP contribution in [0.5, 0.6) is 0 Å². The van der Waals surface area contributed by atoms with E-state index in [4.69, 9.17) is 4.74 Å². The van der Waals surface area contributed by atoms with E-state index in [1.54, 1.807) is 20.8 Å². The van der Waals surface area contributed by atoms with Gasteiger partial charge in [0.2, 0.25) is 5.91 Å². The van der Waals surface area contributed by atoms with Gasteiger partial charge < -0.3 is 20.5 Å². The Bertz CT molecular complexity index is 663. The first-order valence-corrected chi connectivity index (χ1v) is 11.9. The number of alkyl carbamates (subject to hydrolysis) is 1. The molecule has 9 heteroatoms. The largest absolute Gasteiger partial charge is 0.480 e. The standard InChI is InChI=1S/C23H39N3O6/c1-23(2,3)32-22(31)25-18(20(28)29)14-15-19(27)26(17-12-8-5-9-13-17)21(30)24-16-10-6-4-7-11-16/h16-18H,4-15H2,1-3H3,(H,24,30)(H,25,31)(H,28,29)/t18-/m1/s1. The van der Waals surface area contributed by atoms with Crippen LogP contribution in [0.3, 0.4) is 0 Å². The molecule has 182 valence electrons. The number of carbonyl (C=O) groups is 4. The second-order valence-electron chi connectivity index (χ2n) is 9.92. The lowest BCUT2D eigenvalue weighted by molar-refractivity contribution is -0.140. The van der Waals surface area contributed by atoms with E-state index in [2.05, 4.69) is 10.6 Å². The lowest BCUT2D eigenvalue weighted by Crippen LogP contribution is -2.53. The highest BCUT2D eigenvalue weighted by molar-refractivity contribution is 5.95. The summed E-state index contributed by atoms with van der Waals surface area (Å²) in [7, 11) is 0. The van der Waals surface area contributed by atoms with Crippen LogP contribution >= 0.6 is 0 Å². The minimum absolute atomic E-state index is 0.0794. The third-order valence-electron chi connectivity index (χ3n) is 6.00. The molecule has 3 N–H and O–H groups in total. The Morgan fingerprint density at radius 2 is 1.53 bits per heavy atom. The van der Waals surface area contributed by atoms with Crippen molar-refractivity contribution in [3.05, 3.63) is 0 Å². The molecular formula is C23H39N3O6. The first-order chi connectivity index (χ1) is 15.1. The van der Waals surface area contributed by atoms with Gasteiger partial charge in [0, 0.05) is 18.5 Å². The zero-order valence-corrected chi connectivity index (χ0v) is 19.7. The predicted octanol–water partition coefficient (Wildman–Crippen LogP) is 3.95. The number of carboxylic acids is 1. The number of imide groups is 1. The number of ether oxygens (including phenoxy) is 1. The number of hydrogen-bond donors (Lipinski definition) is 3. The average molecular weight is 454 g/mol. The fourth-order valence-corrected chi connectivity index (χ4v) is 4.41. The van der Waals surface area contributed by atoms with Crippen molar-refractivity contribution < 1.29 is 29.0 Å². The van der Waals surface area contributed by atoms with Gasteiger partial charge in [-0.05, 0) is 52.9 Å². The van der Waals surface area contributed by atoms with Crippen LogP contribution in [-0.2, 0) is 14.3 Å². The number of carboxylic acid groups (broad SMARTS) is 1. The molecule has 2 saturated carbocycles. The van der Waals surface area contributed by atoms with Gasteiger partial charge in [0.25, 0.3) is 0 Å². The van der Waals surface area contributed by atoms with Gasteiger partial charge in [0.15, 0.2) is 0 Å². The molecule has 4 amide bonds. The van der Waals surface area contributed by atoms with E-state index in [1.807, 2.05) is 0 Å². The van der Waals surface area contributed by atoms with Crippen molar-refractivity contribution in [2.45, 2.75) is 122 Å². The summed E-state index contributed by atoms with van der Waals surface area (Å²) in [5.41, 5.74) is -0.766. The first-order valence-electron chi connectivity index (χ1n) is 11.9. The van der Waals surface area contributed by atoms with Crippen LogP contribution in [0.2, 0.25) is 0 Å². The smallest absolute Gasteiger partial charge is 0.408 e. The molecule has 9 nitrogen and oxygen atoms in total. The predicted molar refractivity (Wildman–Crippen MR) is 119 cm³/mol. The van der Waals surface area contributed by atoms with Crippen molar-refractivity contribution in [1.29, 1.82) is 0 Å². The minimum atomic E-state index is -1.27. The van der Waals surface area contributed by atoms with Crippen molar-refractivity contribution in [3.63, 3.8) is 0 Å². The molecule has 0 heterocycles. The lowest BCUT2D eigenvalue weighted by atomic mass is 9.93. The second kappa shape index (κ2) is 12.1. The summed E-state index contributed by atoms with van der Waals surface area (Å²) in [5.74, 6) is -1.65. The van der Waals surface area contributed by atoms with Gasteiger partial charge in [-0.3, -0.25) is 9.69 Å². The number of amides is 4.